The van der Waals surface area contributed by atoms with Crippen molar-refractivity contribution in [3.8, 4) is 0 Å². The van der Waals surface area contributed by atoms with Crippen LogP contribution < -0.4 is 0 Å². The van der Waals surface area contributed by atoms with E-state index >= 15 is 0 Å². The van der Waals surface area contributed by atoms with Crippen LogP contribution in [0.4, 0.5) is 0 Å². The molecular formula is C32H43N3OS. The third-order valence-corrected chi connectivity index (χ3v) is 9.96. The molecule has 1 amide bonds. The first kappa shape index (κ1) is 26.5. The number of hydrogen-bond donors (Lipinski definition) is 0. The van der Waals surface area contributed by atoms with Crippen LogP contribution >= 0.6 is 11.8 Å². The molecule has 2 aromatic carbocycles. The van der Waals surface area contributed by atoms with Gasteiger partial charge in [-0.2, -0.15) is 0 Å². The van der Waals surface area contributed by atoms with Crippen molar-refractivity contribution in [1.82, 2.24) is 9.80 Å². The second-order valence-corrected chi connectivity index (χ2v) is 12.6. The fourth-order valence-corrected chi connectivity index (χ4v) is 7.63. The van der Waals surface area contributed by atoms with E-state index in [1.54, 1.807) is 0 Å². The topological polar surface area (TPSA) is 35.9 Å². The normalized spacial score (nSPS) is 24.1. The summed E-state index contributed by atoms with van der Waals surface area (Å²) in [7, 11) is 0. The van der Waals surface area contributed by atoms with Crippen molar-refractivity contribution in [2.75, 3.05) is 26.2 Å². The summed E-state index contributed by atoms with van der Waals surface area (Å²) in [5.74, 6) is 0.494. The van der Waals surface area contributed by atoms with Crippen molar-refractivity contribution in [2.45, 2.75) is 88.4 Å². The molecule has 1 aliphatic carbocycles. The van der Waals surface area contributed by atoms with Gasteiger partial charge in [0.25, 0.3) is 0 Å². The maximum Gasteiger partial charge on any atom is 0.225 e. The number of aryl methyl sites for hydroxylation is 2. The number of hydrogen-bond acceptors (Lipinski definition) is 4. The highest BCUT2D eigenvalue weighted by Crippen LogP contribution is 2.42. The lowest BCUT2D eigenvalue weighted by Crippen LogP contribution is -2.51. The van der Waals surface area contributed by atoms with Gasteiger partial charge in [-0.25, -0.2) is 0 Å². The Morgan fingerprint density at radius 2 is 1.84 bits per heavy atom. The quantitative estimate of drug-likeness (QED) is 0.385. The summed E-state index contributed by atoms with van der Waals surface area (Å²) in [5, 5.41) is 0.489. The van der Waals surface area contributed by atoms with Crippen molar-refractivity contribution < 1.29 is 4.79 Å². The Morgan fingerprint density at radius 3 is 2.62 bits per heavy atom. The molecule has 0 spiro atoms. The second-order valence-electron chi connectivity index (χ2n) is 11.3. The molecule has 1 saturated carbocycles. The Kier molecular flexibility index (Phi) is 8.71. The highest BCUT2D eigenvalue weighted by molar-refractivity contribution is 8.00. The molecule has 5 rings (SSSR count). The summed E-state index contributed by atoms with van der Waals surface area (Å²) in [6.07, 6.45) is 7.71. The predicted octanol–water partition coefficient (Wildman–Crippen LogP) is 6.66. The molecule has 1 saturated heterocycles. The number of nitrogens with zero attached hydrogens (tertiary/aromatic N) is 3. The van der Waals surface area contributed by atoms with Crippen LogP contribution in [0.1, 0.15) is 74.1 Å². The van der Waals surface area contributed by atoms with E-state index < -0.39 is 0 Å². The minimum atomic E-state index is 0.120. The van der Waals surface area contributed by atoms with Crippen LogP contribution in [0.3, 0.4) is 0 Å². The monoisotopic (exact) mass is 517 g/mol. The molecular weight excluding hydrogens is 474 g/mol. The fraction of sp³-hybridized carbons (Fsp3) is 0.562. The summed E-state index contributed by atoms with van der Waals surface area (Å²) in [6, 6.07) is 15.8. The maximum atomic E-state index is 13.6. The zero-order valence-corrected chi connectivity index (χ0v) is 23.7. The van der Waals surface area contributed by atoms with Crippen LogP contribution in [0.25, 0.3) is 0 Å². The molecule has 2 aliphatic heterocycles. The van der Waals surface area contributed by atoms with Crippen LogP contribution in [-0.2, 0) is 11.3 Å². The minimum Gasteiger partial charge on any atom is -0.340 e. The van der Waals surface area contributed by atoms with Gasteiger partial charge in [-0.05, 0) is 63.1 Å². The number of aliphatic imine (C=N–C) groups is 1. The lowest BCUT2D eigenvalue weighted by Gasteiger charge is -2.39. The van der Waals surface area contributed by atoms with Crippen LogP contribution in [-0.4, -0.2) is 58.9 Å². The van der Waals surface area contributed by atoms with E-state index in [9.17, 15) is 4.79 Å². The highest BCUT2D eigenvalue weighted by atomic mass is 32.2. The van der Waals surface area contributed by atoms with E-state index in [0.29, 0.717) is 11.2 Å². The molecule has 0 aromatic heterocycles. The number of rotatable bonds is 7. The molecule has 3 atom stereocenters. The summed E-state index contributed by atoms with van der Waals surface area (Å²) in [6.45, 7) is 11.2. The number of piperazine rings is 1. The molecule has 37 heavy (non-hydrogen) atoms. The van der Waals surface area contributed by atoms with Gasteiger partial charge >= 0.3 is 0 Å². The summed E-state index contributed by atoms with van der Waals surface area (Å²) < 4.78 is 0. The lowest BCUT2D eigenvalue weighted by atomic mass is 9.84. The second kappa shape index (κ2) is 12.2. The van der Waals surface area contributed by atoms with E-state index in [2.05, 4.69) is 73.0 Å². The lowest BCUT2D eigenvalue weighted by molar-refractivity contribution is -0.138. The Bertz CT molecular complexity index is 1120. The first-order chi connectivity index (χ1) is 18.0. The van der Waals surface area contributed by atoms with E-state index in [0.717, 1.165) is 58.4 Å². The van der Waals surface area contributed by atoms with Gasteiger partial charge in [0.1, 0.15) is 0 Å². The number of fused-ring (bicyclic) bond motifs is 2. The average molecular weight is 518 g/mol. The molecule has 198 valence electrons. The van der Waals surface area contributed by atoms with Gasteiger partial charge in [0.15, 0.2) is 0 Å². The van der Waals surface area contributed by atoms with E-state index in [1.165, 1.54) is 52.1 Å². The highest BCUT2D eigenvalue weighted by Gasteiger charge is 2.38. The Hall–Kier alpha value is -2.11. The van der Waals surface area contributed by atoms with Crippen LogP contribution in [0, 0.1) is 19.8 Å². The molecule has 2 heterocycles. The molecule has 0 radical (unpaired) electrons. The Labute approximate surface area is 227 Å². The summed E-state index contributed by atoms with van der Waals surface area (Å²) in [5.41, 5.74) is 6.70. The SMILES string of the molecule is CCCCCC1=NC2CC(C(=O)N3CCN(Cc4ccc(C)cc4C)CC3)CCC2Sc2ccccc21. The molecule has 2 aromatic rings. The maximum absolute atomic E-state index is 13.6. The van der Waals surface area contributed by atoms with Gasteiger partial charge in [-0.15, -0.1) is 11.8 Å². The van der Waals surface area contributed by atoms with E-state index in [1.807, 2.05) is 11.8 Å². The zero-order chi connectivity index (χ0) is 25.8. The molecule has 5 heteroatoms. The smallest absolute Gasteiger partial charge is 0.225 e. The standard InChI is InChI=1S/C32H43N3OS/c1-4-5-6-10-28-27-9-7-8-11-30(27)37-31-15-14-25(21-29(31)33-28)32(36)35-18-16-34(17-19-35)22-26-13-12-23(2)20-24(26)3/h7-9,11-13,20,25,29,31H,4-6,10,14-19,21-22H2,1-3H3. The van der Waals surface area contributed by atoms with E-state index in [-0.39, 0.29) is 12.0 Å². The number of unbranched alkanes of at least 4 members (excludes halogenated alkanes) is 2. The molecule has 0 N–H and O–H groups in total. The van der Waals surface area contributed by atoms with Gasteiger partial charge in [-0.1, -0.05) is 61.7 Å². The van der Waals surface area contributed by atoms with Crippen molar-refractivity contribution in [1.29, 1.82) is 0 Å². The van der Waals surface area contributed by atoms with Crippen LogP contribution in [0.2, 0.25) is 0 Å². The van der Waals surface area contributed by atoms with Crippen molar-refractivity contribution in [3.63, 3.8) is 0 Å². The van der Waals surface area contributed by atoms with Crippen molar-refractivity contribution in [3.05, 3.63) is 64.7 Å². The molecule has 2 fully saturated rings. The van der Waals surface area contributed by atoms with Gasteiger partial charge in [0, 0.05) is 60.1 Å². The molecule has 4 nitrogen and oxygen atoms in total. The molecule has 3 aliphatic rings. The predicted molar refractivity (Wildman–Crippen MR) is 156 cm³/mol. The van der Waals surface area contributed by atoms with Crippen molar-refractivity contribution >= 4 is 23.4 Å². The Morgan fingerprint density at radius 1 is 1.03 bits per heavy atom. The molecule has 0 bridgehead atoms. The van der Waals surface area contributed by atoms with Gasteiger partial charge in [-0.3, -0.25) is 14.7 Å². The first-order valence-electron chi connectivity index (χ1n) is 14.4. The average Bonchev–Trinajstić information content (AvgIpc) is 3.06. The van der Waals surface area contributed by atoms with E-state index in [4.69, 9.17) is 4.99 Å². The number of benzene rings is 2. The number of carbonyl (C=O) groups excluding carboxylic acids is 1. The van der Waals surface area contributed by atoms with Crippen LogP contribution in [0.15, 0.2) is 52.4 Å². The number of thioether (sulfide) groups is 1. The first-order valence-corrected chi connectivity index (χ1v) is 15.3. The van der Waals surface area contributed by atoms with Gasteiger partial charge < -0.3 is 4.90 Å². The minimum absolute atomic E-state index is 0.120. The Balaban J connectivity index is 1.21. The van der Waals surface area contributed by atoms with Crippen LogP contribution in [0.5, 0.6) is 0 Å². The third-order valence-electron chi connectivity index (χ3n) is 8.50. The van der Waals surface area contributed by atoms with Gasteiger partial charge in [0.05, 0.1) is 6.04 Å². The van der Waals surface area contributed by atoms with Crippen molar-refractivity contribution in [2.24, 2.45) is 10.9 Å². The largest absolute Gasteiger partial charge is 0.340 e. The fourth-order valence-electron chi connectivity index (χ4n) is 6.25. The molecule has 3 unspecified atom stereocenters. The third kappa shape index (κ3) is 6.31. The summed E-state index contributed by atoms with van der Waals surface area (Å²) >= 11 is 2.01. The number of carbonyl (C=O) groups is 1. The van der Waals surface area contributed by atoms with Gasteiger partial charge in [0.2, 0.25) is 5.91 Å². The zero-order valence-electron chi connectivity index (χ0n) is 22.9. The number of amides is 1. The summed E-state index contributed by atoms with van der Waals surface area (Å²) in [4.78, 5) is 25.0.